The van der Waals surface area contributed by atoms with Crippen molar-refractivity contribution in [2.75, 3.05) is 13.1 Å². The first-order chi connectivity index (χ1) is 9.66. The fourth-order valence-corrected chi connectivity index (χ4v) is 3.26. The Bertz CT molecular complexity index is 500. The van der Waals surface area contributed by atoms with Crippen LogP contribution in [0, 0.1) is 11.7 Å². The second-order valence-corrected chi connectivity index (χ2v) is 6.04. The zero-order valence-electron chi connectivity index (χ0n) is 11.6. The molecule has 1 aromatic rings. The maximum Gasteiger partial charge on any atom is 0.224 e. The van der Waals surface area contributed by atoms with Crippen molar-refractivity contribution in [3.05, 3.63) is 34.6 Å². The third-order valence-electron chi connectivity index (χ3n) is 4.14. The van der Waals surface area contributed by atoms with Gasteiger partial charge in [-0.25, -0.2) is 4.39 Å². The van der Waals surface area contributed by atoms with Crippen LogP contribution in [0.2, 0.25) is 5.02 Å². The molecule has 0 radical (unpaired) electrons. The molecule has 0 bridgehead atoms. The minimum absolute atomic E-state index is 0. The molecule has 2 N–H and O–H groups in total. The van der Waals surface area contributed by atoms with Crippen molar-refractivity contribution < 1.29 is 9.18 Å². The van der Waals surface area contributed by atoms with Crippen LogP contribution in [-0.4, -0.2) is 25.0 Å². The number of amides is 1. The van der Waals surface area contributed by atoms with Gasteiger partial charge in [-0.1, -0.05) is 17.7 Å². The molecule has 1 heterocycles. The third-order valence-corrected chi connectivity index (χ3v) is 4.47. The predicted molar refractivity (Wildman–Crippen MR) is 83.5 cm³/mol. The molecule has 2 fully saturated rings. The van der Waals surface area contributed by atoms with Gasteiger partial charge in [0.2, 0.25) is 5.91 Å². The lowest BCUT2D eigenvalue weighted by molar-refractivity contribution is -0.123. The van der Waals surface area contributed by atoms with Gasteiger partial charge < -0.3 is 10.6 Å². The van der Waals surface area contributed by atoms with E-state index in [4.69, 9.17) is 11.6 Å². The Labute approximate surface area is 135 Å². The van der Waals surface area contributed by atoms with Crippen LogP contribution in [0.25, 0.3) is 0 Å². The van der Waals surface area contributed by atoms with E-state index < -0.39 is 0 Å². The second kappa shape index (κ2) is 6.95. The molecule has 3 unspecified atom stereocenters. The summed E-state index contributed by atoms with van der Waals surface area (Å²) in [6.45, 7) is 1.84. The second-order valence-electron chi connectivity index (χ2n) is 5.64. The number of nitrogens with one attached hydrogen (secondary N) is 2. The average Bonchev–Trinajstić information content (AvgIpc) is 3.20. The summed E-state index contributed by atoms with van der Waals surface area (Å²) in [6, 6.07) is 4.87. The fraction of sp³-hybridized carbons (Fsp3) is 0.533. The minimum atomic E-state index is -0.308. The summed E-state index contributed by atoms with van der Waals surface area (Å²) in [5, 5.41) is 6.74. The molecule has 3 nitrogen and oxygen atoms in total. The van der Waals surface area contributed by atoms with Crippen molar-refractivity contribution in [3.8, 4) is 0 Å². The van der Waals surface area contributed by atoms with Crippen LogP contribution in [0.4, 0.5) is 4.39 Å². The number of piperidine rings is 1. The number of rotatable bonds is 3. The van der Waals surface area contributed by atoms with Crippen molar-refractivity contribution >= 4 is 29.9 Å². The van der Waals surface area contributed by atoms with Crippen LogP contribution in [0.3, 0.4) is 0 Å². The summed E-state index contributed by atoms with van der Waals surface area (Å²) in [6.07, 6.45) is 2.78. The summed E-state index contributed by atoms with van der Waals surface area (Å²) in [7, 11) is 0. The first-order valence-corrected chi connectivity index (χ1v) is 7.49. The van der Waals surface area contributed by atoms with Gasteiger partial charge in [-0.15, -0.1) is 12.4 Å². The van der Waals surface area contributed by atoms with E-state index in [9.17, 15) is 9.18 Å². The Hall–Kier alpha value is -0.840. The fourth-order valence-electron chi connectivity index (χ4n) is 2.95. The highest BCUT2D eigenvalue weighted by molar-refractivity contribution is 6.31. The molecule has 3 atom stereocenters. The van der Waals surface area contributed by atoms with Crippen molar-refractivity contribution in [3.63, 3.8) is 0 Å². The van der Waals surface area contributed by atoms with Gasteiger partial charge in [-0.2, -0.15) is 0 Å². The van der Waals surface area contributed by atoms with Gasteiger partial charge in [0, 0.05) is 35.0 Å². The Balaban J connectivity index is 0.00000161. The zero-order valence-corrected chi connectivity index (χ0v) is 13.1. The summed E-state index contributed by atoms with van der Waals surface area (Å²) in [5.74, 6) is -0.480. The lowest BCUT2D eigenvalue weighted by atomic mass is 10.1. The number of carbonyl (C=O) groups is 1. The maximum atomic E-state index is 13.8. The van der Waals surface area contributed by atoms with Crippen LogP contribution in [0.15, 0.2) is 18.2 Å². The molecule has 1 aliphatic heterocycles. The van der Waals surface area contributed by atoms with E-state index in [1.807, 2.05) is 0 Å². The molecule has 1 aliphatic carbocycles. The number of halogens is 3. The van der Waals surface area contributed by atoms with Crippen molar-refractivity contribution in [1.29, 1.82) is 0 Å². The molecule has 0 aromatic heterocycles. The smallest absolute Gasteiger partial charge is 0.224 e. The first kappa shape index (κ1) is 16.5. The highest BCUT2D eigenvalue weighted by Gasteiger charge is 2.46. The first-order valence-electron chi connectivity index (χ1n) is 7.12. The number of hydrogen-bond acceptors (Lipinski definition) is 2. The standard InChI is InChI=1S/C15H18ClFN2O.ClH/c16-12-4-1-5-13(17)14(12)10-7-11(10)15(20)19-9-3-2-6-18-8-9;/h1,4-5,9-11,18H,2-3,6-8H2,(H,19,20);1H. The molecular formula is C15H19Cl2FN2O. The number of carbonyl (C=O) groups excluding carboxylic acids is 1. The van der Waals surface area contributed by atoms with Gasteiger partial charge in [-0.05, 0) is 37.9 Å². The molecule has 1 saturated carbocycles. The molecule has 21 heavy (non-hydrogen) atoms. The average molecular weight is 333 g/mol. The molecule has 116 valence electrons. The summed E-state index contributed by atoms with van der Waals surface area (Å²) >= 11 is 6.04. The molecule has 1 saturated heterocycles. The Kier molecular flexibility index (Phi) is 5.47. The van der Waals surface area contributed by atoms with Crippen LogP contribution >= 0.6 is 24.0 Å². The molecule has 1 aromatic carbocycles. The van der Waals surface area contributed by atoms with Crippen molar-refractivity contribution in [1.82, 2.24) is 10.6 Å². The summed E-state index contributed by atoms with van der Waals surface area (Å²) in [4.78, 5) is 12.2. The Morgan fingerprint density at radius 1 is 1.43 bits per heavy atom. The maximum absolute atomic E-state index is 13.8. The van der Waals surface area contributed by atoms with Crippen LogP contribution in [0.1, 0.15) is 30.7 Å². The lowest BCUT2D eigenvalue weighted by Crippen LogP contribution is -2.46. The number of benzene rings is 1. The molecule has 2 aliphatic rings. The van der Waals surface area contributed by atoms with Crippen LogP contribution in [-0.2, 0) is 4.79 Å². The third kappa shape index (κ3) is 3.68. The van der Waals surface area contributed by atoms with E-state index >= 15 is 0 Å². The van der Waals surface area contributed by atoms with Crippen molar-refractivity contribution in [2.24, 2.45) is 5.92 Å². The topological polar surface area (TPSA) is 41.1 Å². The largest absolute Gasteiger partial charge is 0.352 e. The van der Waals surface area contributed by atoms with E-state index in [2.05, 4.69) is 10.6 Å². The summed E-state index contributed by atoms with van der Waals surface area (Å²) in [5.41, 5.74) is 0.496. The molecule has 6 heteroatoms. The quantitative estimate of drug-likeness (QED) is 0.893. The van der Waals surface area contributed by atoms with Gasteiger partial charge >= 0.3 is 0 Å². The summed E-state index contributed by atoms with van der Waals surface area (Å²) < 4.78 is 13.8. The number of hydrogen-bond donors (Lipinski definition) is 2. The van der Waals surface area contributed by atoms with Gasteiger partial charge in [-0.3, -0.25) is 4.79 Å². The van der Waals surface area contributed by atoms with Gasteiger partial charge in [0.25, 0.3) is 0 Å². The van der Waals surface area contributed by atoms with Gasteiger partial charge in [0.05, 0.1) is 0 Å². The SMILES string of the molecule is Cl.O=C(NC1CCCNC1)C1CC1c1c(F)cccc1Cl. The normalized spacial score (nSPS) is 27.6. The van der Waals surface area contributed by atoms with Crippen molar-refractivity contribution in [2.45, 2.75) is 31.2 Å². The molecular weight excluding hydrogens is 314 g/mol. The van der Waals surface area contributed by atoms with E-state index in [0.29, 0.717) is 17.0 Å². The van der Waals surface area contributed by atoms with E-state index in [0.717, 1.165) is 25.9 Å². The Morgan fingerprint density at radius 2 is 2.24 bits per heavy atom. The van der Waals surface area contributed by atoms with E-state index in [-0.39, 0.29) is 42.0 Å². The monoisotopic (exact) mass is 332 g/mol. The molecule has 0 spiro atoms. The van der Waals surface area contributed by atoms with Crippen LogP contribution in [0.5, 0.6) is 0 Å². The molecule has 3 rings (SSSR count). The van der Waals surface area contributed by atoms with Gasteiger partial charge in [0.15, 0.2) is 0 Å². The van der Waals surface area contributed by atoms with Gasteiger partial charge in [0.1, 0.15) is 5.82 Å². The Morgan fingerprint density at radius 3 is 2.90 bits per heavy atom. The van der Waals surface area contributed by atoms with Crippen LogP contribution < -0.4 is 10.6 Å². The predicted octanol–water partition coefficient (Wildman–Crippen LogP) is 2.87. The minimum Gasteiger partial charge on any atom is -0.352 e. The van der Waals surface area contributed by atoms with E-state index in [1.165, 1.54) is 6.07 Å². The highest BCUT2D eigenvalue weighted by Crippen LogP contribution is 2.50. The molecule has 1 amide bonds. The van der Waals surface area contributed by atoms with E-state index in [1.54, 1.807) is 12.1 Å². The lowest BCUT2D eigenvalue weighted by Gasteiger charge is -2.23. The zero-order chi connectivity index (χ0) is 14.1. The highest BCUT2D eigenvalue weighted by atomic mass is 35.5.